The Hall–Kier alpha value is -2.01. The topological polar surface area (TPSA) is 54.8 Å². The summed E-state index contributed by atoms with van der Waals surface area (Å²) in [7, 11) is -1.34. The summed E-state index contributed by atoms with van der Waals surface area (Å²) in [6.07, 6.45) is 2.88. The van der Waals surface area contributed by atoms with Gasteiger partial charge in [-0.15, -0.1) is 0 Å². The first-order chi connectivity index (χ1) is 13.8. The van der Waals surface area contributed by atoms with Gasteiger partial charge in [0.1, 0.15) is 11.4 Å². The van der Waals surface area contributed by atoms with E-state index in [0.29, 0.717) is 28.8 Å². The van der Waals surface area contributed by atoms with Crippen LogP contribution in [0.4, 0.5) is 18.7 Å². The van der Waals surface area contributed by atoms with Gasteiger partial charge in [-0.3, -0.25) is 4.79 Å². The van der Waals surface area contributed by atoms with Gasteiger partial charge in [0.05, 0.1) is 21.1 Å². The quantitative estimate of drug-likeness (QED) is 0.641. The molecule has 1 aromatic heterocycles. The minimum absolute atomic E-state index is 0.0123. The van der Waals surface area contributed by atoms with E-state index in [-0.39, 0.29) is 11.4 Å². The predicted molar refractivity (Wildman–Crippen MR) is 107 cm³/mol. The Balaban J connectivity index is 1.90. The highest BCUT2D eigenvalue weighted by molar-refractivity contribution is 9.10. The molecule has 2 fully saturated rings. The minimum atomic E-state index is -3.34. The molecule has 11 heteroatoms. The third-order valence-electron chi connectivity index (χ3n) is 5.36. The lowest BCUT2D eigenvalue weighted by molar-refractivity contribution is 0.0693. The molecular formula is C18H18BBrF3N3O3. The molecule has 29 heavy (non-hydrogen) atoms. The van der Waals surface area contributed by atoms with Gasteiger partial charge in [0, 0.05) is 38.4 Å². The van der Waals surface area contributed by atoms with Gasteiger partial charge in [0.2, 0.25) is 5.43 Å². The van der Waals surface area contributed by atoms with Crippen molar-refractivity contribution in [3.8, 4) is 0 Å². The summed E-state index contributed by atoms with van der Waals surface area (Å²) in [4.78, 5) is 28.9. The highest BCUT2D eigenvalue weighted by Gasteiger charge is 2.32. The normalized spacial score (nSPS) is 17.6. The molecule has 0 spiro atoms. The first kappa shape index (κ1) is 20.3. The fourth-order valence-corrected chi connectivity index (χ4v) is 4.54. The van der Waals surface area contributed by atoms with Crippen molar-refractivity contribution in [3.05, 3.63) is 38.3 Å². The number of piperazine rings is 1. The van der Waals surface area contributed by atoms with E-state index in [1.54, 1.807) is 4.57 Å². The molecule has 2 aromatic rings. The molecule has 4 rings (SSSR count). The lowest BCUT2D eigenvalue weighted by Gasteiger charge is -2.35. The molecule has 2 aliphatic rings. The number of rotatable bonds is 4. The number of halogens is 4. The molecule has 154 valence electrons. The van der Waals surface area contributed by atoms with Crippen molar-refractivity contribution in [1.29, 1.82) is 0 Å². The second-order valence-corrected chi connectivity index (χ2v) is 8.18. The number of aromatic nitrogens is 1. The molecule has 0 atom stereocenters. The molecule has 2 heterocycles. The molecule has 1 saturated heterocycles. The number of carbonyl (C=O) groups is 1. The van der Waals surface area contributed by atoms with Gasteiger partial charge in [0.15, 0.2) is 0 Å². The molecule has 0 radical (unpaired) electrons. The van der Waals surface area contributed by atoms with Crippen LogP contribution in [0.5, 0.6) is 0 Å². The molecule has 1 aromatic carbocycles. The van der Waals surface area contributed by atoms with E-state index in [2.05, 4.69) is 25.5 Å². The Morgan fingerprint density at radius 1 is 1.24 bits per heavy atom. The predicted octanol–water partition coefficient (Wildman–Crippen LogP) is 3.07. The first-order valence-electron chi connectivity index (χ1n) is 9.27. The average molecular weight is 472 g/mol. The average Bonchev–Trinajstić information content (AvgIpc) is 3.48. The maximum absolute atomic E-state index is 15.1. The van der Waals surface area contributed by atoms with Crippen LogP contribution in [0.25, 0.3) is 10.9 Å². The lowest BCUT2D eigenvalue weighted by Crippen LogP contribution is -2.45. The zero-order valence-electron chi connectivity index (χ0n) is 15.6. The molecule has 1 aliphatic carbocycles. The molecule has 0 bridgehead atoms. The van der Waals surface area contributed by atoms with Gasteiger partial charge >= 0.3 is 13.4 Å². The van der Waals surface area contributed by atoms with Crippen LogP contribution in [0.2, 0.25) is 0 Å². The van der Waals surface area contributed by atoms with Crippen LogP contribution in [0.15, 0.2) is 21.5 Å². The first-order valence-corrected chi connectivity index (χ1v) is 10.1. The summed E-state index contributed by atoms with van der Waals surface area (Å²) in [6, 6.07) is 1.10. The van der Waals surface area contributed by atoms with Crippen LogP contribution >= 0.6 is 15.9 Å². The number of pyridine rings is 1. The SMILES string of the molecule is CN1CCN(c2c(F)cc3c(=O)c(C(=O)OB(F)F)cn(C4CC4)c3c2Br)CC1. The molecule has 0 amide bonds. The van der Waals surface area contributed by atoms with E-state index in [0.717, 1.165) is 32.0 Å². The van der Waals surface area contributed by atoms with Gasteiger partial charge < -0.3 is 19.0 Å². The van der Waals surface area contributed by atoms with Gasteiger partial charge in [-0.25, -0.2) is 17.8 Å². The molecule has 6 nitrogen and oxygen atoms in total. The highest BCUT2D eigenvalue weighted by atomic mass is 79.9. The molecule has 1 aliphatic heterocycles. The summed E-state index contributed by atoms with van der Waals surface area (Å²) in [6.45, 7) is 2.81. The second-order valence-electron chi connectivity index (χ2n) is 7.38. The van der Waals surface area contributed by atoms with Crippen molar-refractivity contribution in [1.82, 2.24) is 9.47 Å². The van der Waals surface area contributed by atoms with E-state index >= 15 is 4.39 Å². The van der Waals surface area contributed by atoms with Crippen molar-refractivity contribution >= 4 is 46.0 Å². The zero-order chi connectivity index (χ0) is 20.9. The summed E-state index contributed by atoms with van der Waals surface area (Å²) in [5, 5.41) is -0.0390. The number of fused-ring (bicyclic) bond motifs is 1. The van der Waals surface area contributed by atoms with Crippen LogP contribution in [0, 0.1) is 5.82 Å². The highest BCUT2D eigenvalue weighted by Crippen LogP contribution is 2.42. The largest absolute Gasteiger partial charge is 0.798 e. The maximum atomic E-state index is 15.1. The van der Waals surface area contributed by atoms with Crippen molar-refractivity contribution in [2.75, 3.05) is 38.1 Å². The van der Waals surface area contributed by atoms with Gasteiger partial charge in [-0.1, -0.05) is 0 Å². The summed E-state index contributed by atoms with van der Waals surface area (Å²) in [5.41, 5.74) is -0.529. The van der Waals surface area contributed by atoms with Crippen LogP contribution in [-0.2, 0) is 4.65 Å². The second kappa shape index (κ2) is 7.68. The van der Waals surface area contributed by atoms with Crippen molar-refractivity contribution in [2.45, 2.75) is 18.9 Å². The molecule has 0 N–H and O–H groups in total. The Bertz CT molecular complexity index is 1040. The summed E-state index contributed by atoms with van der Waals surface area (Å²) < 4.78 is 46.0. The molecule has 0 unspecified atom stereocenters. The Labute approximate surface area is 173 Å². The van der Waals surface area contributed by atoms with E-state index in [1.165, 1.54) is 6.20 Å². The summed E-state index contributed by atoms with van der Waals surface area (Å²) >= 11 is 3.48. The number of carbonyl (C=O) groups excluding carboxylic acids is 1. The van der Waals surface area contributed by atoms with Crippen LogP contribution in [-0.4, -0.2) is 56.1 Å². The third-order valence-corrected chi connectivity index (χ3v) is 6.11. The zero-order valence-corrected chi connectivity index (χ0v) is 17.2. The van der Waals surface area contributed by atoms with Gasteiger partial charge in [-0.05, 0) is 41.9 Å². The minimum Gasteiger partial charge on any atom is -0.474 e. The Morgan fingerprint density at radius 2 is 1.90 bits per heavy atom. The van der Waals surface area contributed by atoms with E-state index in [1.807, 2.05) is 11.9 Å². The van der Waals surface area contributed by atoms with Crippen LogP contribution < -0.4 is 10.3 Å². The van der Waals surface area contributed by atoms with Crippen LogP contribution in [0.3, 0.4) is 0 Å². The van der Waals surface area contributed by atoms with E-state index < -0.39 is 30.2 Å². The number of nitrogens with zero attached hydrogens (tertiary/aromatic N) is 3. The number of benzene rings is 1. The maximum Gasteiger partial charge on any atom is 0.798 e. The van der Waals surface area contributed by atoms with Crippen molar-refractivity contribution in [3.63, 3.8) is 0 Å². The fourth-order valence-electron chi connectivity index (χ4n) is 3.68. The lowest BCUT2D eigenvalue weighted by atomic mass is 10.1. The standard InChI is InChI=1S/C18H18BBrF3N3O3/c1-24-4-6-25(7-5-24)16-13(21)8-11-15(14(16)20)26(10-2-3-10)9-12(17(11)27)18(28)29-19(22)23/h8-10H,2-7H2,1H3. The molecule has 1 saturated carbocycles. The number of anilines is 1. The van der Waals surface area contributed by atoms with Crippen molar-refractivity contribution in [2.24, 2.45) is 0 Å². The number of hydrogen-bond donors (Lipinski definition) is 0. The Morgan fingerprint density at radius 3 is 2.48 bits per heavy atom. The van der Waals surface area contributed by atoms with Gasteiger partial charge in [-0.2, -0.15) is 0 Å². The van der Waals surface area contributed by atoms with Crippen LogP contribution in [0.1, 0.15) is 29.2 Å². The summed E-state index contributed by atoms with van der Waals surface area (Å²) in [5.74, 6) is -2.02. The monoisotopic (exact) mass is 471 g/mol. The van der Waals surface area contributed by atoms with E-state index in [4.69, 9.17) is 0 Å². The van der Waals surface area contributed by atoms with Crippen molar-refractivity contribution < 1.29 is 22.5 Å². The number of likely N-dealkylation sites (N-methyl/N-ethyl adjacent to an activating group) is 1. The van der Waals surface area contributed by atoms with E-state index in [9.17, 15) is 18.2 Å². The Kier molecular flexibility index (Phi) is 5.37. The fraction of sp³-hybridized carbons (Fsp3) is 0.444. The van der Waals surface area contributed by atoms with Gasteiger partial charge in [0.25, 0.3) is 0 Å². The number of hydrogen-bond acceptors (Lipinski definition) is 5. The third kappa shape index (κ3) is 3.77. The molecular weight excluding hydrogens is 454 g/mol. The smallest absolute Gasteiger partial charge is 0.474 e.